The molecule has 0 radical (unpaired) electrons. The Balaban J connectivity index is 1.80. The largest absolute Gasteiger partial charge is 0.507 e. The third-order valence-electron chi connectivity index (χ3n) is 4.96. The standard InChI is InChI=1S/C24H20FNO4S/c1-2-13-30-18-11-5-15(6-12-18)22(27)20-21(19-4-3-14-31-19)26(24(29)23(20)28)17-9-7-16(25)8-10-17/h3-12,14,21,27H,2,13H2,1H3/b22-20-. The first-order valence-electron chi connectivity index (χ1n) is 9.84. The molecule has 1 amide bonds. The molecule has 1 fully saturated rings. The molecule has 5 nitrogen and oxygen atoms in total. The van der Waals surface area contributed by atoms with Crippen LogP contribution in [0.3, 0.4) is 0 Å². The number of hydrogen-bond acceptors (Lipinski definition) is 5. The van der Waals surface area contributed by atoms with Crippen molar-refractivity contribution >= 4 is 34.5 Å². The molecular formula is C24H20FNO4S. The Morgan fingerprint density at radius 2 is 1.81 bits per heavy atom. The Morgan fingerprint density at radius 3 is 2.42 bits per heavy atom. The highest BCUT2D eigenvalue weighted by molar-refractivity contribution is 7.10. The third-order valence-corrected chi connectivity index (χ3v) is 5.89. The third kappa shape index (κ3) is 3.96. The van der Waals surface area contributed by atoms with E-state index >= 15 is 0 Å². The van der Waals surface area contributed by atoms with Gasteiger partial charge >= 0.3 is 0 Å². The maximum atomic E-state index is 13.4. The fourth-order valence-electron chi connectivity index (χ4n) is 3.50. The van der Waals surface area contributed by atoms with Gasteiger partial charge in [0.1, 0.15) is 23.4 Å². The average molecular weight is 437 g/mol. The Kier molecular flexibility index (Phi) is 5.86. The molecule has 0 aliphatic carbocycles. The summed E-state index contributed by atoms with van der Waals surface area (Å²) in [5, 5.41) is 12.9. The Hall–Kier alpha value is -3.45. The van der Waals surface area contributed by atoms with Crippen molar-refractivity contribution in [3.8, 4) is 5.75 Å². The molecule has 158 valence electrons. The molecule has 0 spiro atoms. The lowest BCUT2D eigenvalue weighted by Gasteiger charge is -2.24. The highest BCUT2D eigenvalue weighted by Crippen LogP contribution is 2.43. The molecule has 0 bridgehead atoms. The number of anilines is 1. The summed E-state index contributed by atoms with van der Waals surface area (Å²) in [6.07, 6.45) is 0.870. The molecule has 7 heteroatoms. The molecule has 1 N–H and O–H groups in total. The van der Waals surface area contributed by atoms with Gasteiger partial charge in [-0.05, 0) is 66.4 Å². The van der Waals surface area contributed by atoms with E-state index in [1.807, 2.05) is 18.4 Å². The summed E-state index contributed by atoms with van der Waals surface area (Å²) in [5.41, 5.74) is 0.783. The van der Waals surface area contributed by atoms with Gasteiger partial charge in [-0.15, -0.1) is 11.3 Å². The predicted molar refractivity (Wildman–Crippen MR) is 118 cm³/mol. The van der Waals surface area contributed by atoms with E-state index < -0.39 is 23.5 Å². The Labute approximate surface area is 183 Å². The van der Waals surface area contributed by atoms with E-state index in [9.17, 15) is 19.1 Å². The fraction of sp³-hybridized carbons (Fsp3) is 0.167. The van der Waals surface area contributed by atoms with Crippen LogP contribution in [0.5, 0.6) is 5.75 Å². The summed E-state index contributed by atoms with van der Waals surface area (Å²) in [4.78, 5) is 27.9. The number of hydrogen-bond donors (Lipinski definition) is 1. The van der Waals surface area contributed by atoms with Crippen molar-refractivity contribution in [3.05, 3.63) is 87.9 Å². The number of halogens is 1. The maximum absolute atomic E-state index is 13.4. The summed E-state index contributed by atoms with van der Waals surface area (Å²) in [5.74, 6) is -1.61. The van der Waals surface area contributed by atoms with E-state index in [1.165, 1.54) is 40.5 Å². The molecular weight excluding hydrogens is 417 g/mol. The minimum absolute atomic E-state index is 0.000924. The van der Waals surface area contributed by atoms with Gasteiger partial charge in [-0.2, -0.15) is 0 Å². The van der Waals surface area contributed by atoms with E-state index in [0.29, 0.717) is 28.5 Å². The molecule has 1 saturated heterocycles. The van der Waals surface area contributed by atoms with Crippen molar-refractivity contribution < 1.29 is 23.8 Å². The predicted octanol–water partition coefficient (Wildman–Crippen LogP) is 5.30. The van der Waals surface area contributed by atoms with E-state index in [0.717, 1.165) is 6.42 Å². The molecule has 31 heavy (non-hydrogen) atoms. The highest BCUT2D eigenvalue weighted by atomic mass is 32.1. The number of ketones is 1. The van der Waals surface area contributed by atoms with Crippen LogP contribution in [-0.4, -0.2) is 23.4 Å². The first-order valence-corrected chi connectivity index (χ1v) is 10.7. The van der Waals surface area contributed by atoms with Crippen molar-refractivity contribution in [2.75, 3.05) is 11.5 Å². The van der Waals surface area contributed by atoms with Gasteiger partial charge in [0.25, 0.3) is 11.7 Å². The minimum Gasteiger partial charge on any atom is -0.507 e. The quantitative estimate of drug-likeness (QED) is 0.323. The summed E-state index contributed by atoms with van der Waals surface area (Å²) in [6.45, 7) is 2.58. The van der Waals surface area contributed by atoms with Crippen LogP contribution in [0, 0.1) is 5.82 Å². The zero-order valence-corrected chi connectivity index (χ0v) is 17.6. The highest BCUT2D eigenvalue weighted by Gasteiger charge is 2.47. The van der Waals surface area contributed by atoms with Crippen molar-refractivity contribution in [2.24, 2.45) is 0 Å². The van der Waals surface area contributed by atoms with Crippen LogP contribution in [0.25, 0.3) is 5.76 Å². The monoisotopic (exact) mass is 437 g/mol. The van der Waals surface area contributed by atoms with Gasteiger partial charge < -0.3 is 9.84 Å². The minimum atomic E-state index is -0.804. The second-order valence-electron chi connectivity index (χ2n) is 7.03. The molecule has 0 saturated carbocycles. The number of aliphatic hydroxyl groups excluding tert-OH is 1. The van der Waals surface area contributed by atoms with Gasteiger partial charge in [0, 0.05) is 16.1 Å². The van der Waals surface area contributed by atoms with Crippen LogP contribution in [0.15, 0.2) is 71.6 Å². The van der Waals surface area contributed by atoms with Crippen molar-refractivity contribution in [3.63, 3.8) is 0 Å². The smallest absolute Gasteiger partial charge is 0.300 e. The number of thiophene rings is 1. The number of amides is 1. The van der Waals surface area contributed by atoms with E-state index in [4.69, 9.17) is 4.74 Å². The lowest BCUT2D eigenvalue weighted by molar-refractivity contribution is -0.132. The van der Waals surface area contributed by atoms with Gasteiger partial charge in [-0.3, -0.25) is 14.5 Å². The van der Waals surface area contributed by atoms with Gasteiger partial charge in [0.15, 0.2) is 0 Å². The first kappa shape index (κ1) is 20.8. The number of carbonyl (C=O) groups excluding carboxylic acids is 2. The Morgan fingerprint density at radius 1 is 1.10 bits per heavy atom. The number of ether oxygens (including phenoxy) is 1. The fourth-order valence-corrected chi connectivity index (χ4v) is 4.32. The zero-order chi connectivity index (χ0) is 22.0. The van der Waals surface area contributed by atoms with Crippen molar-refractivity contribution in [1.82, 2.24) is 0 Å². The molecule has 4 rings (SSSR count). The molecule has 1 aliphatic rings. The number of benzene rings is 2. The second kappa shape index (κ2) is 8.73. The van der Waals surface area contributed by atoms with Crippen molar-refractivity contribution in [1.29, 1.82) is 0 Å². The summed E-state index contributed by atoms with van der Waals surface area (Å²) >= 11 is 1.37. The number of rotatable bonds is 6. The summed E-state index contributed by atoms with van der Waals surface area (Å²) < 4.78 is 19.0. The molecule has 3 aromatic rings. The van der Waals surface area contributed by atoms with E-state index in [2.05, 4.69) is 0 Å². The average Bonchev–Trinajstić information content (AvgIpc) is 3.40. The molecule has 1 aromatic heterocycles. The van der Waals surface area contributed by atoms with E-state index in [-0.39, 0.29) is 11.3 Å². The number of Topliss-reactive ketones (excluding diaryl/α,β-unsaturated/α-hetero) is 1. The molecule has 1 atom stereocenters. The van der Waals surface area contributed by atoms with Crippen LogP contribution in [0.2, 0.25) is 0 Å². The number of nitrogens with zero attached hydrogens (tertiary/aromatic N) is 1. The van der Waals surface area contributed by atoms with Gasteiger partial charge in [0.05, 0.1) is 12.2 Å². The zero-order valence-electron chi connectivity index (χ0n) is 16.7. The maximum Gasteiger partial charge on any atom is 0.300 e. The van der Waals surface area contributed by atoms with Crippen LogP contribution in [0.1, 0.15) is 29.8 Å². The summed E-state index contributed by atoms with van der Waals surface area (Å²) in [7, 11) is 0. The van der Waals surface area contributed by atoms with Crippen LogP contribution >= 0.6 is 11.3 Å². The van der Waals surface area contributed by atoms with Gasteiger partial charge in [-0.1, -0.05) is 13.0 Å². The van der Waals surface area contributed by atoms with Gasteiger partial charge in [-0.25, -0.2) is 4.39 Å². The first-order chi connectivity index (χ1) is 15.0. The van der Waals surface area contributed by atoms with Gasteiger partial charge in [0.2, 0.25) is 0 Å². The van der Waals surface area contributed by atoms with Crippen LogP contribution < -0.4 is 9.64 Å². The van der Waals surface area contributed by atoms with E-state index in [1.54, 1.807) is 30.3 Å². The molecule has 2 heterocycles. The second-order valence-corrected chi connectivity index (χ2v) is 8.01. The lowest BCUT2D eigenvalue weighted by atomic mass is 9.99. The molecule has 1 aliphatic heterocycles. The van der Waals surface area contributed by atoms with Crippen LogP contribution in [0.4, 0.5) is 10.1 Å². The Bertz CT molecular complexity index is 1120. The lowest BCUT2D eigenvalue weighted by Crippen LogP contribution is -2.29. The number of carbonyl (C=O) groups is 2. The SMILES string of the molecule is CCCOc1ccc(/C(O)=C2/C(=O)C(=O)N(c3ccc(F)cc3)C2c2cccs2)cc1. The summed E-state index contributed by atoms with van der Waals surface area (Å²) in [6, 6.07) is 14.9. The molecule has 2 aromatic carbocycles. The van der Waals surface area contributed by atoms with Crippen LogP contribution in [-0.2, 0) is 9.59 Å². The molecule has 1 unspecified atom stereocenters. The van der Waals surface area contributed by atoms with Crippen molar-refractivity contribution in [2.45, 2.75) is 19.4 Å². The topological polar surface area (TPSA) is 66.8 Å². The normalized spacial score (nSPS) is 17.9. The number of aliphatic hydroxyl groups is 1.